The van der Waals surface area contributed by atoms with Gasteiger partial charge in [0.25, 0.3) is 0 Å². The third-order valence-corrected chi connectivity index (χ3v) is 8.03. The number of fused-ring (bicyclic) bond motifs is 1. The molecule has 1 unspecified atom stereocenters. The van der Waals surface area contributed by atoms with Gasteiger partial charge in [-0.25, -0.2) is 4.79 Å². The number of carbonyl (C=O) groups is 3. The Hall–Kier alpha value is -3.91. The number of carbonyl (C=O) groups excluding carboxylic acids is 3. The molecule has 1 fully saturated rings. The van der Waals surface area contributed by atoms with E-state index in [1.54, 1.807) is 34.6 Å². The summed E-state index contributed by atoms with van der Waals surface area (Å²) in [5.74, 6) is -0.816. The molecule has 0 saturated carbocycles. The van der Waals surface area contributed by atoms with Gasteiger partial charge in [-0.1, -0.05) is 79.7 Å². The molecule has 0 radical (unpaired) electrons. The first-order valence-electron chi connectivity index (χ1n) is 15.1. The third-order valence-electron chi connectivity index (χ3n) is 8.03. The third kappa shape index (κ3) is 7.73. The van der Waals surface area contributed by atoms with Gasteiger partial charge >= 0.3 is 6.09 Å². The zero-order valence-electron chi connectivity index (χ0n) is 26.2. The molecule has 1 heterocycles. The molecular formula is C35H45N3O5. The lowest BCUT2D eigenvalue weighted by molar-refractivity contribution is -0.136. The van der Waals surface area contributed by atoms with E-state index in [0.717, 1.165) is 34.7 Å². The fraction of sp³-hybridized carbons (Fsp3) is 0.457. The number of nitrogens with one attached hydrogen (secondary N) is 3. The van der Waals surface area contributed by atoms with Gasteiger partial charge in [-0.3, -0.25) is 9.59 Å². The summed E-state index contributed by atoms with van der Waals surface area (Å²) in [6.45, 7) is 11.4. The van der Waals surface area contributed by atoms with Gasteiger partial charge < -0.3 is 25.4 Å². The predicted octanol–water partition coefficient (Wildman–Crippen LogP) is 5.77. The van der Waals surface area contributed by atoms with Crippen molar-refractivity contribution in [2.75, 3.05) is 13.2 Å². The van der Waals surface area contributed by atoms with Crippen molar-refractivity contribution in [3.05, 3.63) is 83.9 Å². The van der Waals surface area contributed by atoms with Gasteiger partial charge in [0.15, 0.2) is 0 Å². The lowest BCUT2D eigenvalue weighted by Crippen LogP contribution is -2.66. The number of amides is 3. The van der Waals surface area contributed by atoms with Crippen LogP contribution in [0.4, 0.5) is 4.79 Å². The van der Waals surface area contributed by atoms with Gasteiger partial charge in [-0.2, -0.15) is 0 Å². The maximum atomic E-state index is 14.1. The summed E-state index contributed by atoms with van der Waals surface area (Å²) in [7, 11) is 0. The quantitative estimate of drug-likeness (QED) is 0.279. The van der Waals surface area contributed by atoms with Crippen LogP contribution < -0.4 is 16.0 Å². The highest BCUT2D eigenvalue weighted by Gasteiger charge is 2.44. The van der Waals surface area contributed by atoms with Gasteiger partial charge in [0.1, 0.15) is 22.3 Å². The molecule has 8 heteroatoms. The maximum Gasteiger partial charge on any atom is 0.408 e. The largest absolute Gasteiger partial charge is 0.444 e. The van der Waals surface area contributed by atoms with Crippen LogP contribution >= 0.6 is 0 Å². The molecule has 4 rings (SSSR count). The summed E-state index contributed by atoms with van der Waals surface area (Å²) < 4.78 is 11.7. The van der Waals surface area contributed by atoms with Crippen LogP contribution in [0.25, 0.3) is 10.8 Å². The van der Waals surface area contributed by atoms with Gasteiger partial charge in [0, 0.05) is 13.0 Å². The molecule has 3 aromatic carbocycles. The minimum Gasteiger partial charge on any atom is -0.444 e. The molecule has 1 saturated heterocycles. The molecule has 8 nitrogen and oxygen atoms in total. The van der Waals surface area contributed by atoms with Crippen molar-refractivity contribution in [3.63, 3.8) is 0 Å². The normalized spacial score (nSPS) is 18.5. The van der Waals surface area contributed by atoms with Gasteiger partial charge in [0.05, 0.1) is 6.54 Å². The van der Waals surface area contributed by atoms with E-state index in [-0.39, 0.29) is 25.3 Å². The predicted molar refractivity (Wildman–Crippen MR) is 169 cm³/mol. The lowest BCUT2D eigenvalue weighted by atomic mass is 9.85. The van der Waals surface area contributed by atoms with E-state index in [9.17, 15) is 14.4 Å². The average Bonchev–Trinajstić information content (AvgIpc) is 3.45. The second-order valence-electron chi connectivity index (χ2n) is 13.0. The van der Waals surface area contributed by atoms with Crippen LogP contribution in [0, 0.1) is 0 Å². The summed E-state index contributed by atoms with van der Waals surface area (Å²) in [5.41, 5.74) is -2.14. The van der Waals surface area contributed by atoms with Crippen LogP contribution in [0.5, 0.6) is 0 Å². The molecule has 2 atom stereocenters. The van der Waals surface area contributed by atoms with E-state index >= 15 is 0 Å². The first kappa shape index (κ1) is 32.0. The van der Waals surface area contributed by atoms with Gasteiger partial charge in [-0.15, -0.1) is 0 Å². The first-order chi connectivity index (χ1) is 20.3. The van der Waals surface area contributed by atoms with Crippen LogP contribution in [0.1, 0.15) is 71.9 Å². The fourth-order valence-electron chi connectivity index (χ4n) is 5.56. The van der Waals surface area contributed by atoms with E-state index in [4.69, 9.17) is 9.47 Å². The van der Waals surface area contributed by atoms with E-state index in [2.05, 4.69) is 16.0 Å². The van der Waals surface area contributed by atoms with Crippen molar-refractivity contribution in [2.45, 2.75) is 89.5 Å². The fourth-order valence-corrected chi connectivity index (χ4v) is 5.56. The zero-order chi connectivity index (χ0) is 31.3. The zero-order valence-corrected chi connectivity index (χ0v) is 26.2. The second kappa shape index (κ2) is 12.8. The molecular weight excluding hydrogens is 542 g/mol. The van der Waals surface area contributed by atoms with Crippen molar-refractivity contribution < 1.29 is 23.9 Å². The Morgan fingerprint density at radius 3 is 2.16 bits per heavy atom. The van der Waals surface area contributed by atoms with Gasteiger partial charge in [0.2, 0.25) is 11.8 Å². The monoisotopic (exact) mass is 587 g/mol. The van der Waals surface area contributed by atoms with Crippen LogP contribution in [-0.4, -0.2) is 47.7 Å². The standard InChI is InChI=1S/C35H45N3O5/c1-7-34(38-31(41)43-32(2,3)4,23-25-18-19-26-14-11-12-15-27(26)22-25)30(40)37-33(5,6)29(39)36-24-35(20-13-21-42-35)28-16-9-8-10-17-28/h8-12,14-19,22H,7,13,20-21,23-24H2,1-6H3,(H,36,39)(H,37,40)(H,38,41)/t34-,35?/m1/s1. The number of rotatable bonds is 10. The minimum absolute atomic E-state index is 0.210. The van der Waals surface area contributed by atoms with Crippen molar-refractivity contribution in [1.29, 1.82) is 0 Å². The maximum absolute atomic E-state index is 14.1. The molecule has 43 heavy (non-hydrogen) atoms. The SMILES string of the molecule is CC[C@](Cc1ccc2ccccc2c1)(NC(=O)OC(C)(C)C)C(=O)NC(C)(C)C(=O)NCC1(c2ccccc2)CCCO1. The molecule has 1 aliphatic rings. The summed E-state index contributed by atoms with van der Waals surface area (Å²) >= 11 is 0. The van der Waals surface area contributed by atoms with Crippen molar-refractivity contribution in [2.24, 2.45) is 0 Å². The lowest BCUT2D eigenvalue weighted by Gasteiger charge is -2.37. The molecule has 3 amide bonds. The summed E-state index contributed by atoms with van der Waals surface area (Å²) in [5, 5.41) is 11.0. The first-order valence-corrected chi connectivity index (χ1v) is 15.1. The highest BCUT2D eigenvalue weighted by Crippen LogP contribution is 2.35. The Balaban J connectivity index is 1.55. The number of hydrogen-bond donors (Lipinski definition) is 3. The Morgan fingerprint density at radius 2 is 1.53 bits per heavy atom. The highest BCUT2D eigenvalue weighted by molar-refractivity contribution is 5.96. The highest BCUT2D eigenvalue weighted by atomic mass is 16.6. The number of benzene rings is 3. The number of hydrogen-bond acceptors (Lipinski definition) is 5. The minimum atomic E-state index is -1.37. The Morgan fingerprint density at radius 1 is 0.860 bits per heavy atom. The molecule has 3 aromatic rings. The van der Waals surface area contributed by atoms with Crippen molar-refractivity contribution in [1.82, 2.24) is 16.0 Å². The van der Waals surface area contributed by atoms with Crippen LogP contribution in [0.3, 0.4) is 0 Å². The molecule has 0 spiro atoms. The number of alkyl carbamates (subject to hydrolysis) is 1. The molecule has 1 aliphatic heterocycles. The summed E-state index contributed by atoms with van der Waals surface area (Å²) in [6.07, 6.45) is 1.47. The smallest absolute Gasteiger partial charge is 0.408 e. The van der Waals surface area contributed by atoms with Crippen molar-refractivity contribution >= 4 is 28.7 Å². The Bertz CT molecular complexity index is 1440. The molecule has 3 N–H and O–H groups in total. The van der Waals surface area contributed by atoms with Crippen LogP contribution in [0.2, 0.25) is 0 Å². The average molecular weight is 588 g/mol. The van der Waals surface area contributed by atoms with Crippen LogP contribution in [-0.2, 0) is 31.1 Å². The molecule has 0 bridgehead atoms. The van der Waals surface area contributed by atoms with E-state index in [1.807, 2.05) is 79.7 Å². The Labute approximate surface area is 254 Å². The van der Waals surface area contributed by atoms with Gasteiger partial charge in [-0.05, 0) is 75.8 Å². The summed E-state index contributed by atoms with van der Waals surface area (Å²) in [4.78, 5) is 40.8. The molecule has 0 aromatic heterocycles. The van der Waals surface area contributed by atoms with Crippen LogP contribution in [0.15, 0.2) is 72.8 Å². The van der Waals surface area contributed by atoms with E-state index < -0.39 is 34.3 Å². The number of ether oxygens (including phenoxy) is 2. The molecule has 0 aliphatic carbocycles. The second-order valence-corrected chi connectivity index (χ2v) is 13.0. The molecule has 230 valence electrons. The Kier molecular flexibility index (Phi) is 9.50. The van der Waals surface area contributed by atoms with E-state index in [0.29, 0.717) is 6.61 Å². The summed E-state index contributed by atoms with van der Waals surface area (Å²) in [6, 6.07) is 23.8. The topological polar surface area (TPSA) is 106 Å². The van der Waals surface area contributed by atoms with Crippen molar-refractivity contribution in [3.8, 4) is 0 Å². The van der Waals surface area contributed by atoms with E-state index in [1.165, 1.54) is 0 Å².